The van der Waals surface area contributed by atoms with Gasteiger partial charge in [0.2, 0.25) is 0 Å². The molecule has 2 aromatic rings. The highest BCUT2D eigenvalue weighted by molar-refractivity contribution is 6.49. The van der Waals surface area contributed by atoms with E-state index in [1.165, 1.54) is 6.08 Å². The SMILES string of the molecule is CN(C)c1ccn2ncc(N=C3N=C(N4CCC(O)C4)C(N)=CC3=N)c2n1. The number of likely N-dealkylation sites (tertiary alicyclic amines) is 1. The van der Waals surface area contributed by atoms with Crippen LogP contribution in [-0.4, -0.2) is 75.3 Å². The second-order valence-corrected chi connectivity index (χ2v) is 6.75. The highest BCUT2D eigenvalue weighted by atomic mass is 16.3. The third-order valence-corrected chi connectivity index (χ3v) is 4.49. The van der Waals surface area contributed by atoms with Crippen LogP contribution in [0.15, 0.2) is 40.2 Å². The minimum absolute atomic E-state index is 0.124. The van der Waals surface area contributed by atoms with Gasteiger partial charge in [-0.05, 0) is 18.6 Å². The van der Waals surface area contributed by atoms with Crippen molar-refractivity contribution in [1.29, 1.82) is 5.41 Å². The number of nitrogens with zero attached hydrogens (tertiary/aromatic N) is 7. The number of aliphatic hydroxyl groups excluding tert-OH is 1. The average molecular weight is 367 g/mol. The van der Waals surface area contributed by atoms with Crippen molar-refractivity contribution >= 4 is 34.5 Å². The van der Waals surface area contributed by atoms with Crippen LogP contribution in [0, 0.1) is 5.41 Å². The molecule has 1 saturated heterocycles. The second-order valence-electron chi connectivity index (χ2n) is 6.75. The molecule has 1 unspecified atom stereocenters. The molecule has 1 fully saturated rings. The number of amidine groups is 2. The van der Waals surface area contributed by atoms with Gasteiger partial charge in [-0.15, -0.1) is 0 Å². The first-order chi connectivity index (χ1) is 12.9. The van der Waals surface area contributed by atoms with Crippen LogP contribution >= 0.6 is 0 Å². The summed E-state index contributed by atoms with van der Waals surface area (Å²) >= 11 is 0. The molecule has 2 aromatic heterocycles. The van der Waals surface area contributed by atoms with E-state index in [1.54, 1.807) is 10.7 Å². The summed E-state index contributed by atoms with van der Waals surface area (Å²) in [6.07, 6.45) is 5.22. The van der Waals surface area contributed by atoms with E-state index in [2.05, 4.69) is 20.1 Å². The standard InChI is InChI=1S/C17H21N9O/c1-24(2)14-4-6-26-17(22-14)13(8-20-26)21-15-11(18)7-12(19)16(23-15)25-5-3-10(27)9-25/h4,6-8,10,18,27H,3,5,9,19H2,1-2H3. The van der Waals surface area contributed by atoms with E-state index in [9.17, 15) is 5.11 Å². The van der Waals surface area contributed by atoms with Gasteiger partial charge in [0.15, 0.2) is 17.3 Å². The van der Waals surface area contributed by atoms with E-state index in [4.69, 9.17) is 11.1 Å². The molecule has 4 N–H and O–H groups in total. The monoisotopic (exact) mass is 367 g/mol. The zero-order chi connectivity index (χ0) is 19.1. The number of β-amino-alcohol motifs (C(OH)–C–C–N with tert-alkyl or cyclic N) is 1. The zero-order valence-electron chi connectivity index (χ0n) is 15.2. The fourth-order valence-electron chi connectivity index (χ4n) is 3.07. The van der Waals surface area contributed by atoms with Gasteiger partial charge < -0.3 is 20.6 Å². The van der Waals surface area contributed by atoms with Gasteiger partial charge in [-0.25, -0.2) is 19.5 Å². The molecule has 1 atom stereocenters. The molecule has 27 heavy (non-hydrogen) atoms. The van der Waals surface area contributed by atoms with Crippen LogP contribution in [-0.2, 0) is 0 Å². The predicted octanol–water partition coefficient (Wildman–Crippen LogP) is 0.166. The number of fused-ring (bicyclic) bond motifs is 1. The van der Waals surface area contributed by atoms with Gasteiger partial charge in [0.25, 0.3) is 0 Å². The van der Waals surface area contributed by atoms with E-state index in [0.29, 0.717) is 42.4 Å². The van der Waals surface area contributed by atoms with Crippen LogP contribution in [0.3, 0.4) is 0 Å². The molecule has 4 heterocycles. The summed E-state index contributed by atoms with van der Waals surface area (Å²) in [6, 6.07) is 1.86. The number of hydrogen-bond acceptors (Lipinski definition) is 8. The number of anilines is 1. The van der Waals surface area contributed by atoms with Gasteiger partial charge in [0.1, 0.15) is 17.2 Å². The van der Waals surface area contributed by atoms with Crippen molar-refractivity contribution in [1.82, 2.24) is 19.5 Å². The molecule has 2 aliphatic heterocycles. The first kappa shape index (κ1) is 17.2. The summed E-state index contributed by atoms with van der Waals surface area (Å²) in [5.74, 6) is 1.56. The summed E-state index contributed by atoms with van der Waals surface area (Å²) in [7, 11) is 3.82. The molecule has 10 nitrogen and oxygen atoms in total. The van der Waals surface area contributed by atoms with Crippen LogP contribution in [0.25, 0.3) is 5.65 Å². The number of aromatic nitrogens is 3. The fourth-order valence-corrected chi connectivity index (χ4v) is 3.07. The number of rotatable bonds is 2. The molecule has 2 aliphatic rings. The number of aliphatic imine (C=N–C) groups is 2. The van der Waals surface area contributed by atoms with E-state index in [0.717, 1.165) is 5.82 Å². The summed E-state index contributed by atoms with van der Waals surface area (Å²) in [5.41, 5.74) is 7.68. The maximum atomic E-state index is 9.78. The number of aliphatic hydroxyl groups is 1. The van der Waals surface area contributed by atoms with Crippen molar-refractivity contribution < 1.29 is 5.11 Å². The third kappa shape index (κ3) is 3.14. The van der Waals surface area contributed by atoms with Crippen LogP contribution in [0.4, 0.5) is 11.5 Å². The van der Waals surface area contributed by atoms with Crippen LogP contribution in [0.2, 0.25) is 0 Å². The van der Waals surface area contributed by atoms with Crippen molar-refractivity contribution in [3.8, 4) is 0 Å². The van der Waals surface area contributed by atoms with Crippen molar-refractivity contribution in [2.24, 2.45) is 15.7 Å². The lowest BCUT2D eigenvalue weighted by atomic mass is 10.2. The molecule has 10 heteroatoms. The van der Waals surface area contributed by atoms with E-state index in [-0.39, 0.29) is 11.5 Å². The molecule has 0 saturated carbocycles. The van der Waals surface area contributed by atoms with Gasteiger partial charge in [0, 0.05) is 33.4 Å². The number of nitrogens with two attached hydrogens (primary N) is 1. The topological polar surface area (TPSA) is 131 Å². The lowest BCUT2D eigenvalue weighted by molar-refractivity contribution is 0.188. The smallest absolute Gasteiger partial charge is 0.183 e. The summed E-state index contributed by atoms with van der Waals surface area (Å²) < 4.78 is 1.63. The average Bonchev–Trinajstić information content (AvgIpc) is 3.23. The highest BCUT2D eigenvalue weighted by Gasteiger charge is 2.27. The van der Waals surface area contributed by atoms with E-state index in [1.807, 2.05) is 36.2 Å². The molecular formula is C17H21N9O. The number of dihydropyridines is 1. The van der Waals surface area contributed by atoms with Gasteiger partial charge in [0.05, 0.1) is 18.0 Å². The normalized spacial score (nSPS) is 21.7. The Morgan fingerprint density at radius 1 is 1.41 bits per heavy atom. The molecule has 4 rings (SSSR count). The van der Waals surface area contributed by atoms with Crippen molar-refractivity contribution in [2.75, 3.05) is 32.1 Å². The minimum Gasteiger partial charge on any atom is -0.396 e. The molecule has 0 radical (unpaired) electrons. The van der Waals surface area contributed by atoms with Gasteiger partial charge in [-0.2, -0.15) is 5.10 Å². The first-order valence-corrected chi connectivity index (χ1v) is 8.61. The summed E-state index contributed by atoms with van der Waals surface area (Å²) in [4.78, 5) is 17.4. The highest BCUT2D eigenvalue weighted by Crippen LogP contribution is 2.22. The summed E-state index contributed by atoms with van der Waals surface area (Å²) in [6.45, 7) is 1.14. The molecule has 0 spiro atoms. The van der Waals surface area contributed by atoms with Crippen LogP contribution in [0.5, 0.6) is 0 Å². The Hall–Kier alpha value is -3.27. The van der Waals surface area contributed by atoms with Crippen molar-refractivity contribution in [3.63, 3.8) is 0 Å². The lowest BCUT2D eigenvalue weighted by Crippen LogP contribution is -2.37. The quantitative estimate of drug-likeness (QED) is 0.693. The Bertz CT molecular complexity index is 1000. The third-order valence-electron chi connectivity index (χ3n) is 4.49. The Balaban J connectivity index is 1.74. The zero-order valence-corrected chi connectivity index (χ0v) is 15.2. The van der Waals surface area contributed by atoms with Gasteiger partial charge >= 0.3 is 0 Å². The first-order valence-electron chi connectivity index (χ1n) is 8.61. The maximum Gasteiger partial charge on any atom is 0.183 e. The number of hydrogen-bond donors (Lipinski definition) is 3. The Morgan fingerprint density at radius 3 is 2.93 bits per heavy atom. The van der Waals surface area contributed by atoms with Crippen molar-refractivity contribution in [3.05, 3.63) is 30.2 Å². The van der Waals surface area contributed by atoms with Gasteiger partial charge in [-0.3, -0.25) is 5.41 Å². The van der Waals surface area contributed by atoms with Crippen LogP contribution < -0.4 is 10.6 Å². The molecular weight excluding hydrogens is 346 g/mol. The Kier molecular flexibility index (Phi) is 4.11. The molecule has 0 amide bonds. The second kappa shape index (κ2) is 6.47. The Labute approximate surface area is 155 Å². The lowest BCUT2D eigenvalue weighted by Gasteiger charge is -2.23. The predicted molar refractivity (Wildman–Crippen MR) is 104 cm³/mol. The minimum atomic E-state index is -0.393. The maximum absolute atomic E-state index is 9.78. The number of nitrogens with one attached hydrogen (secondary N) is 1. The molecule has 0 aliphatic carbocycles. The molecule has 0 aromatic carbocycles. The van der Waals surface area contributed by atoms with Crippen molar-refractivity contribution in [2.45, 2.75) is 12.5 Å². The summed E-state index contributed by atoms with van der Waals surface area (Å²) in [5, 5.41) is 22.2. The fraction of sp³-hybridized carbons (Fsp3) is 0.353. The largest absolute Gasteiger partial charge is 0.396 e. The molecule has 140 valence electrons. The van der Waals surface area contributed by atoms with Gasteiger partial charge in [-0.1, -0.05) is 0 Å². The van der Waals surface area contributed by atoms with E-state index >= 15 is 0 Å². The Morgan fingerprint density at radius 2 is 2.22 bits per heavy atom. The van der Waals surface area contributed by atoms with Crippen LogP contribution in [0.1, 0.15) is 6.42 Å². The molecule has 0 bridgehead atoms. The van der Waals surface area contributed by atoms with E-state index < -0.39 is 6.10 Å².